The average Bonchev–Trinajstić information content (AvgIpc) is 2.93. The number of benzene rings is 2. The first-order valence-electron chi connectivity index (χ1n) is 7.21. The van der Waals surface area contributed by atoms with Gasteiger partial charge in [-0.15, -0.1) is 0 Å². The highest BCUT2D eigenvalue weighted by Gasteiger charge is 2.33. The van der Waals surface area contributed by atoms with E-state index in [9.17, 15) is 18.0 Å². The summed E-state index contributed by atoms with van der Waals surface area (Å²) in [6, 6.07) is 12.3. The van der Waals surface area contributed by atoms with Gasteiger partial charge in [0.05, 0.1) is 11.1 Å². The first-order chi connectivity index (χ1) is 11.4. The Balaban J connectivity index is 2.11. The maximum Gasteiger partial charge on any atom is 0.416 e. The van der Waals surface area contributed by atoms with Gasteiger partial charge in [0.1, 0.15) is 6.61 Å². The normalized spacial score (nSPS) is 13.9. The van der Waals surface area contributed by atoms with Gasteiger partial charge in [0.25, 0.3) is 0 Å². The number of esters is 1. The minimum atomic E-state index is -4.45. The topological polar surface area (TPSA) is 39.2 Å². The van der Waals surface area contributed by atoms with Crippen LogP contribution in [-0.2, 0) is 17.5 Å². The van der Waals surface area contributed by atoms with E-state index in [4.69, 9.17) is 4.74 Å². The smallest absolute Gasteiger partial charge is 0.416 e. The molecule has 1 aliphatic rings. The molecule has 0 saturated heterocycles. The fraction of sp³-hybridized carbons (Fsp3) is 0.111. The quantitative estimate of drug-likeness (QED) is 0.613. The number of fused-ring (bicyclic) bond motifs is 2. The molecule has 2 heterocycles. The molecule has 4 rings (SSSR count). The standard InChI is InChI=1S/C18H10F3NO2/c19-18(20,21)11-6-7-14-12(8-11)15(10-4-2-1-3-5-10)13-9-24-17(23)16(13)22-14/h1-8H,9H2. The van der Waals surface area contributed by atoms with Crippen molar-refractivity contribution in [2.75, 3.05) is 0 Å². The van der Waals surface area contributed by atoms with Crippen molar-refractivity contribution in [3.05, 3.63) is 65.4 Å². The maximum absolute atomic E-state index is 13.1. The van der Waals surface area contributed by atoms with Crippen molar-refractivity contribution < 1.29 is 22.7 Å². The van der Waals surface area contributed by atoms with Crippen LogP contribution in [-0.4, -0.2) is 11.0 Å². The maximum atomic E-state index is 13.1. The summed E-state index contributed by atoms with van der Waals surface area (Å²) in [5.74, 6) is -0.552. The van der Waals surface area contributed by atoms with Crippen molar-refractivity contribution in [2.24, 2.45) is 0 Å². The zero-order valence-corrected chi connectivity index (χ0v) is 12.2. The van der Waals surface area contributed by atoms with E-state index >= 15 is 0 Å². The molecule has 0 amide bonds. The average molecular weight is 329 g/mol. The van der Waals surface area contributed by atoms with Crippen LogP contribution in [0.4, 0.5) is 13.2 Å². The van der Waals surface area contributed by atoms with Crippen molar-refractivity contribution in [2.45, 2.75) is 12.8 Å². The van der Waals surface area contributed by atoms with Crippen LogP contribution in [0.25, 0.3) is 22.0 Å². The summed E-state index contributed by atoms with van der Waals surface area (Å²) >= 11 is 0. The Labute approximate surface area is 134 Å². The molecule has 120 valence electrons. The van der Waals surface area contributed by atoms with Gasteiger partial charge in [0.15, 0.2) is 5.69 Å². The molecule has 0 spiro atoms. The minimum Gasteiger partial charge on any atom is -0.456 e. The predicted octanol–water partition coefficient (Wildman–Crippen LogP) is 4.59. The molecular formula is C18H10F3NO2. The van der Waals surface area contributed by atoms with Crippen LogP contribution in [0.1, 0.15) is 21.6 Å². The number of hydrogen-bond acceptors (Lipinski definition) is 3. The predicted molar refractivity (Wildman–Crippen MR) is 81.3 cm³/mol. The van der Waals surface area contributed by atoms with Crippen molar-refractivity contribution in [3.63, 3.8) is 0 Å². The van der Waals surface area contributed by atoms with E-state index in [2.05, 4.69) is 4.98 Å². The molecule has 6 heteroatoms. The molecular weight excluding hydrogens is 319 g/mol. The molecule has 0 saturated carbocycles. The highest BCUT2D eigenvalue weighted by atomic mass is 19.4. The third kappa shape index (κ3) is 2.22. The Kier molecular flexibility index (Phi) is 3.09. The number of rotatable bonds is 1. The summed E-state index contributed by atoms with van der Waals surface area (Å²) in [7, 11) is 0. The minimum absolute atomic E-state index is 0.0115. The second kappa shape index (κ2) is 5.06. The van der Waals surface area contributed by atoms with Gasteiger partial charge < -0.3 is 4.74 Å². The van der Waals surface area contributed by atoms with Crippen molar-refractivity contribution in [1.29, 1.82) is 0 Å². The first-order valence-corrected chi connectivity index (χ1v) is 7.21. The van der Waals surface area contributed by atoms with Crippen LogP contribution < -0.4 is 0 Å². The highest BCUT2D eigenvalue weighted by molar-refractivity contribution is 6.03. The number of aromatic nitrogens is 1. The molecule has 2 aromatic carbocycles. The van der Waals surface area contributed by atoms with E-state index in [0.29, 0.717) is 22.0 Å². The van der Waals surface area contributed by atoms with E-state index in [1.165, 1.54) is 6.07 Å². The van der Waals surface area contributed by atoms with Crippen LogP contribution >= 0.6 is 0 Å². The molecule has 0 atom stereocenters. The van der Waals surface area contributed by atoms with Crippen molar-refractivity contribution in [1.82, 2.24) is 4.98 Å². The number of cyclic esters (lactones) is 1. The van der Waals surface area contributed by atoms with Crippen LogP contribution in [0, 0.1) is 0 Å². The molecule has 1 aliphatic heterocycles. The monoisotopic (exact) mass is 329 g/mol. The van der Waals surface area contributed by atoms with E-state index < -0.39 is 17.7 Å². The number of halogens is 3. The first kappa shape index (κ1) is 14.7. The zero-order chi connectivity index (χ0) is 16.9. The van der Waals surface area contributed by atoms with Crippen LogP contribution in [0.2, 0.25) is 0 Å². The van der Waals surface area contributed by atoms with Gasteiger partial charge in [0, 0.05) is 16.5 Å². The molecule has 3 aromatic rings. The fourth-order valence-corrected chi connectivity index (χ4v) is 2.93. The highest BCUT2D eigenvalue weighted by Crippen LogP contribution is 2.39. The van der Waals surface area contributed by atoms with Gasteiger partial charge in [0.2, 0.25) is 0 Å². The molecule has 0 unspecified atom stereocenters. The Hall–Kier alpha value is -2.89. The van der Waals surface area contributed by atoms with Crippen molar-refractivity contribution in [3.8, 4) is 11.1 Å². The molecule has 0 bridgehead atoms. The molecule has 0 radical (unpaired) electrons. The number of hydrogen-bond donors (Lipinski definition) is 0. The number of pyridine rings is 1. The van der Waals surface area contributed by atoms with Crippen LogP contribution in [0.15, 0.2) is 48.5 Å². The number of ether oxygens (including phenoxy) is 1. The SMILES string of the molecule is O=C1OCc2c1nc1ccc(C(F)(F)F)cc1c2-c1ccccc1. The number of carbonyl (C=O) groups is 1. The Bertz CT molecular complexity index is 965. The van der Waals surface area contributed by atoms with Crippen LogP contribution in [0.3, 0.4) is 0 Å². The van der Waals surface area contributed by atoms with Gasteiger partial charge in [-0.05, 0) is 23.8 Å². The summed E-state index contributed by atoms with van der Waals surface area (Å²) in [4.78, 5) is 16.1. The summed E-state index contributed by atoms with van der Waals surface area (Å²) in [5.41, 5.74) is 1.56. The van der Waals surface area contributed by atoms with E-state index in [-0.39, 0.29) is 12.3 Å². The summed E-state index contributed by atoms with van der Waals surface area (Å²) in [6.45, 7) is 0.0115. The van der Waals surface area contributed by atoms with Crippen LogP contribution in [0.5, 0.6) is 0 Å². The molecule has 3 nitrogen and oxygen atoms in total. The molecule has 0 fully saturated rings. The lowest BCUT2D eigenvalue weighted by atomic mass is 9.94. The lowest BCUT2D eigenvalue weighted by molar-refractivity contribution is -0.137. The van der Waals surface area contributed by atoms with Gasteiger partial charge in [-0.3, -0.25) is 0 Å². The molecule has 0 N–H and O–H groups in total. The van der Waals surface area contributed by atoms with Crippen molar-refractivity contribution >= 4 is 16.9 Å². The number of alkyl halides is 3. The van der Waals surface area contributed by atoms with Gasteiger partial charge in [-0.25, -0.2) is 9.78 Å². The fourth-order valence-electron chi connectivity index (χ4n) is 2.93. The number of nitrogens with zero attached hydrogens (tertiary/aromatic N) is 1. The lowest BCUT2D eigenvalue weighted by Crippen LogP contribution is -2.06. The van der Waals surface area contributed by atoms with E-state index in [1.807, 2.05) is 6.07 Å². The molecule has 1 aromatic heterocycles. The van der Waals surface area contributed by atoms with E-state index in [0.717, 1.165) is 17.7 Å². The molecule has 0 aliphatic carbocycles. The molecule has 24 heavy (non-hydrogen) atoms. The lowest BCUT2D eigenvalue weighted by Gasteiger charge is -2.13. The third-order valence-electron chi connectivity index (χ3n) is 4.02. The summed E-state index contributed by atoms with van der Waals surface area (Å²) in [5, 5.41) is 0.355. The largest absolute Gasteiger partial charge is 0.456 e. The Morgan fingerprint density at radius 1 is 1.04 bits per heavy atom. The Morgan fingerprint density at radius 3 is 2.50 bits per heavy atom. The summed E-state index contributed by atoms with van der Waals surface area (Å²) < 4.78 is 44.3. The van der Waals surface area contributed by atoms with E-state index in [1.54, 1.807) is 24.3 Å². The second-order valence-electron chi connectivity index (χ2n) is 5.49. The third-order valence-corrected chi connectivity index (χ3v) is 4.02. The second-order valence-corrected chi connectivity index (χ2v) is 5.49. The van der Waals surface area contributed by atoms with Gasteiger partial charge in [-0.1, -0.05) is 30.3 Å². The van der Waals surface area contributed by atoms with Gasteiger partial charge >= 0.3 is 12.1 Å². The number of carbonyl (C=O) groups excluding carboxylic acids is 1. The van der Waals surface area contributed by atoms with Gasteiger partial charge in [-0.2, -0.15) is 13.2 Å². The Morgan fingerprint density at radius 2 is 1.79 bits per heavy atom. The summed E-state index contributed by atoms with van der Waals surface area (Å²) in [6.07, 6.45) is -4.45. The zero-order valence-electron chi connectivity index (χ0n) is 12.2.